The van der Waals surface area contributed by atoms with Gasteiger partial charge in [-0.25, -0.2) is 0 Å². The van der Waals surface area contributed by atoms with Crippen molar-refractivity contribution in [3.63, 3.8) is 0 Å². The first kappa shape index (κ1) is 21.2. The van der Waals surface area contributed by atoms with Gasteiger partial charge in [0.25, 0.3) is 17.7 Å². The molecule has 3 aromatic rings. The minimum atomic E-state index is -0.930. The fraction of sp³-hybridized carbons (Fsp3) is 0.192. The largest absolute Gasteiger partial charge is 0.378 e. The number of anilines is 2. The van der Waals surface area contributed by atoms with Crippen molar-refractivity contribution in [3.05, 3.63) is 94.0 Å². The summed E-state index contributed by atoms with van der Waals surface area (Å²) in [5, 5.41) is 0.509. The van der Waals surface area contributed by atoms with E-state index in [0.717, 1.165) is 21.7 Å². The number of nitrogens with zero attached hydrogens (tertiary/aromatic N) is 3. The van der Waals surface area contributed by atoms with Crippen molar-refractivity contribution in [1.29, 1.82) is 0 Å². The summed E-state index contributed by atoms with van der Waals surface area (Å²) in [5.74, 6) is -1.19. The van der Waals surface area contributed by atoms with E-state index >= 15 is 0 Å². The molecule has 5 rings (SSSR count). The third-order valence-corrected chi connectivity index (χ3v) is 6.59. The second-order valence-electron chi connectivity index (χ2n) is 8.54. The second-order valence-corrected chi connectivity index (χ2v) is 8.98. The van der Waals surface area contributed by atoms with Gasteiger partial charge in [-0.2, -0.15) is 0 Å². The summed E-state index contributed by atoms with van der Waals surface area (Å²) >= 11 is 6.25. The van der Waals surface area contributed by atoms with Crippen LogP contribution in [0.5, 0.6) is 0 Å². The number of amides is 3. The molecule has 2 aliphatic heterocycles. The van der Waals surface area contributed by atoms with Crippen LogP contribution in [0.3, 0.4) is 0 Å². The summed E-state index contributed by atoms with van der Waals surface area (Å²) in [6, 6.07) is 18.4. The SMILES string of the molecule is Cc1ccc(Cl)cc1N1C(=O)[C@H](N2C(=O)c3ccccc3C2=O)[C@H]1c1ccc(N(C)C)cc1. The average molecular weight is 460 g/mol. The number of fused-ring (bicyclic) bond motifs is 1. The number of imide groups is 1. The van der Waals surface area contributed by atoms with E-state index in [1.54, 1.807) is 41.3 Å². The van der Waals surface area contributed by atoms with Gasteiger partial charge in [-0.05, 0) is 54.4 Å². The molecule has 0 aromatic heterocycles. The highest BCUT2D eigenvalue weighted by atomic mass is 35.5. The van der Waals surface area contributed by atoms with Gasteiger partial charge >= 0.3 is 0 Å². The third-order valence-electron chi connectivity index (χ3n) is 6.35. The standard InChI is InChI=1S/C26H22ClN3O3/c1-15-8-11-17(27)14-21(15)29-22(16-9-12-18(13-10-16)28(2)3)23(26(29)33)30-24(31)19-6-4-5-7-20(19)25(30)32/h4-14,22-23H,1-3H3/t22-,23-/m1/s1. The number of benzene rings is 3. The van der Waals surface area contributed by atoms with Crippen LogP contribution in [0.2, 0.25) is 5.02 Å². The monoisotopic (exact) mass is 459 g/mol. The first-order valence-corrected chi connectivity index (χ1v) is 11.0. The minimum Gasteiger partial charge on any atom is -0.378 e. The van der Waals surface area contributed by atoms with Crippen molar-refractivity contribution in [1.82, 2.24) is 4.90 Å². The van der Waals surface area contributed by atoms with E-state index in [9.17, 15) is 14.4 Å². The molecule has 3 aromatic carbocycles. The molecular formula is C26H22ClN3O3. The van der Waals surface area contributed by atoms with Crippen LogP contribution in [-0.4, -0.2) is 42.8 Å². The number of carbonyl (C=O) groups is 3. The lowest BCUT2D eigenvalue weighted by molar-refractivity contribution is -0.130. The van der Waals surface area contributed by atoms with Crippen LogP contribution in [0.15, 0.2) is 66.7 Å². The van der Waals surface area contributed by atoms with Gasteiger partial charge < -0.3 is 9.80 Å². The Balaban J connectivity index is 1.60. The van der Waals surface area contributed by atoms with Crippen molar-refractivity contribution in [2.75, 3.05) is 23.9 Å². The van der Waals surface area contributed by atoms with Crippen LogP contribution in [0, 0.1) is 6.92 Å². The van der Waals surface area contributed by atoms with Gasteiger partial charge in [0, 0.05) is 30.5 Å². The molecule has 33 heavy (non-hydrogen) atoms. The maximum Gasteiger partial charge on any atom is 0.262 e. The lowest BCUT2D eigenvalue weighted by atomic mass is 9.85. The highest BCUT2D eigenvalue weighted by Gasteiger charge is 2.57. The Hall–Kier alpha value is -3.64. The second kappa shape index (κ2) is 7.74. The zero-order valence-corrected chi connectivity index (χ0v) is 19.2. The number of aryl methyl sites for hydroxylation is 1. The van der Waals surface area contributed by atoms with Crippen LogP contribution < -0.4 is 9.80 Å². The molecule has 1 fully saturated rings. The minimum absolute atomic E-state index is 0.309. The molecule has 2 heterocycles. The molecule has 0 bridgehead atoms. The number of rotatable bonds is 4. The van der Waals surface area contributed by atoms with Crippen LogP contribution in [0.1, 0.15) is 37.9 Å². The Bertz CT molecular complexity index is 1270. The van der Waals surface area contributed by atoms with E-state index in [1.807, 2.05) is 56.3 Å². The van der Waals surface area contributed by atoms with Gasteiger partial charge in [0.05, 0.1) is 17.2 Å². The molecule has 0 spiro atoms. The Morgan fingerprint density at radius 3 is 1.97 bits per heavy atom. The quantitative estimate of drug-likeness (QED) is 0.426. The number of carbonyl (C=O) groups excluding carboxylic acids is 3. The number of hydrogen-bond donors (Lipinski definition) is 0. The molecule has 0 N–H and O–H groups in total. The first-order chi connectivity index (χ1) is 15.8. The molecule has 7 heteroatoms. The number of halogens is 1. The highest BCUT2D eigenvalue weighted by Crippen LogP contribution is 2.45. The number of hydrogen-bond acceptors (Lipinski definition) is 4. The average Bonchev–Trinajstić information content (AvgIpc) is 3.05. The molecule has 1 saturated heterocycles. The predicted molar refractivity (Wildman–Crippen MR) is 128 cm³/mol. The van der Waals surface area contributed by atoms with E-state index in [4.69, 9.17) is 11.6 Å². The van der Waals surface area contributed by atoms with Gasteiger partial charge in [-0.1, -0.05) is 41.9 Å². The van der Waals surface area contributed by atoms with Crippen molar-refractivity contribution in [2.45, 2.75) is 19.0 Å². The number of β-lactam (4-membered cyclic amide) rings is 1. The zero-order chi connectivity index (χ0) is 23.4. The Morgan fingerprint density at radius 2 is 1.39 bits per heavy atom. The lowest BCUT2D eigenvalue weighted by Crippen LogP contribution is -2.67. The molecule has 0 unspecified atom stereocenters. The molecule has 0 radical (unpaired) electrons. The van der Waals surface area contributed by atoms with Crippen molar-refractivity contribution in [3.8, 4) is 0 Å². The van der Waals surface area contributed by atoms with Gasteiger partial charge in [-0.3, -0.25) is 19.3 Å². The summed E-state index contributed by atoms with van der Waals surface area (Å²) in [7, 11) is 3.90. The van der Waals surface area contributed by atoms with Gasteiger partial charge in [-0.15, -0.1) is 0 Å². The summed E-state index contributed by atoms with van der Waals surface area (Å²) < 4.78 is 0. The Kier molecular flexibility index (Phi) is 4.98. The summed E-state index contributed by atoms with van der Waals surface area (Å²) in [6.07, 6.45) is 0. The summed E-state index contributed by atoms with van der Waals surface area (Å²) in [6.45, 7) is 1.90. The van der Waals surface area contributed by atoms with E-state index < -0.39 is 23.9 Å². The molecule has 2 atom stereocenters. The van der Waals surface area contributed by atoms with Gasteiger partial charge in [0.15, 0.2) is 0 Å². The fourth-order valence-electron chi connectivity index (χ4n) is 4.60. The van der Waals surface area contributed by atoms with Crippen molar-refractivity contribution >= 4 is 40.7 Å². The van der Waals surface area contributed by atoms with E-state index in [0.29, 0.717) is 21.8 Å². The van der Waals surface area contributed by atoms with Crippen LogP contribution >= 0.6 is 11.6 Å². The van der Waals surface area contributed by atoms with Crippen LogP contribution in [0.25, 0.3) is 0 Å². The molecule has 3 amide bonds. The zero-order valence-electron chi connectivity index (χ0n) is 18.4. The first-order valence-electron chi connectivity index (χ1n) is 10.6. The van der Waals surface area contributed by atoms with Gasteiger partial charge in [0.2, 0.25) is 0 Å². The topological polar surface area (TPSA) is 60.9 Å². The van der Waals surface area contributed by atoms with E-state index in [-0.39, 0.29) is 5.91 Å². The predicted octanol–water partition coefficient (Wildman–Crippen LogP) is 4.47. The lowest BCUT2D eigenvalue weighted by Gasteiger charge is -2.50. The Morgan fingerprint density at radius 1 is 0.788 bits per heavy atom. The smallest absolute Gasteiger partial charge is 0.262 e. The summed E-state index contributed by atoms with van der Waals surface area (Å²) in [4.78, 5) is 44.6. The molecule has 0 saturated carbocycles. The molecule has 6 nitrogen and oxygen atoms in total. The van der Waals surface area contributed by atoms with Crippen LogP contribution in [-0.2, 0) is 4.79 Å². The summed E-state index contributed by atoms with van der Waals surface area (Å²) in [5.41, 5.74) is 4.04. The molecular weight excluding hydrogens is 438 g/mol. The Labute approximate surface area is 197 Å². The highest BCUT2D eigenvalue weighted by molar-refractivity contribution is 6.31. The van der Waals surface area contributed by atoms with Gasteiger partial charge in [0.1, 0.15) is 6.04 Å². The molecule has 166 valence electrons. The molecule has 2 aliphatic rings. The van der Waals surface area contributed by atoms with Crippen LogP contribution in [0.4, 0.5) is 11.4 Å². The third kappa shape index (κ3) is 3.21. The maximum absolute atomic E-state index is 13.5. The fourth-order valence-corrected chi connectivity index (χ4v) is 4.76. The molecule has 0 aliphatic carbocycles. The van der Waals surface area contributed by atoms with Crippen molar-refractivity contribution < 1.29 is 14.4 Å². The normalized spacial score (nSPS) is 19.6. The van der Waals surface area contributed by atoms with E-state index in [1.165, 1.54) is 0 Å². The van der Waals surface area contributed by atoms with Crippen molar-refractivity contribution in [2.24, 2.45) is 0 Å². The maximum atomic E-state index is 13.5. The van der Waals surface area contributed by atoms with E-state index in [2.05, 4.69) is 0 Å².